The topological polar surface area (TPSA) is 77.6 Å². The van der Waals surface area contributed by atoms with Crippen LogP contribution in [0.25, 0.3) is 0 Å². The van der Waals surface area contributed by atoms with Gasteiger partial charge in [-0.3, -0.25) is 0 Å². The SMILES string of the molecule is CC1(C)C(/C=C/C=C2/C(CCC[N+](C)(C)C)c3ccc(C(=O)O)cc3C2(C)C)=[N+](CCC[N+](C)(C)C)c2ccc(C(=O)O)cc21. The number of fused-ring (bicyclic) bond motifs is 2. The molecular formula is C38H54N3O4+3. The molecule has 4 rings (SSSR count). The van der Waals surface area contributed by atoms with Crippen molar-refractivity contribution in [3.8, 4) is 0 Å². The molecule has 1 aliphatic heterocycles. The van der Waals surface area contributed by atoms with Gasteiger partial charge in [-0.25, -0.2) is 9.59 Å². The molecule has 0 aromatic heterocycles. The fourth-order valence-electron chi connectivity index (χ4n) is 7.19. The Bertz CT molecular complexity index is 1580. The Kier molecular flexibility index (Phi) is 9.41. The van der Waals surface area contributed by atoms with Crippen LogP contribution < -0.4 is 0 Å². The number of hydrogen-bond acceptors (Lipinski definition) is 2. The number of hydrogen-bond donors (Lipinski definition) is 2. The van der Waals surface area contributed by atoms with E-state index in [9.17, 15) is 19.8 Å². The zero-order valence-electron chi connectivity index (χ0n) is 29.1. The summed E-state index contributed by atoms with van der Waals surface area (Å²) in [5.41, 5.74) is 6.85. The molecule has 0 saturated carbocycles. The van der Waals surface area contributed by atoms with E-state index in [-0.39, 0.29) is 16.7 Å². The summed E-state index contributed by atoms with van der Waals surface area (Å²) in [6, 6.07) is 11.2. The molecule has 7 nitrogen and oxygen atoms in total. The second kappa shape index (κ2) is 12.3. The molecule has 1 heterocycles. The van der Waals surface area contributed by atoms with Gasteiger partial charge in [-0.05, 0) is 62.1 Å². The van der Waals surface area contributed by atoms with Crippen LogP contribution in [0.3, 0.4) is 0 Å². The number of rotatable bonds is 12. The van der Waals surface area contributed by atoms with Crippen LogP contribution in [0.15, 0.2) is 60.2 Å². The predicted octanol–water partition coefficient (Wildman–Crippen LogP) is 6.60. The van der Waals surface area contributed by atoms with E-state index in [1.807, 2.05) is 24.3 Å². The van der Waals surface area contributed by atoms with Crippen LogP contribution in [-0.2, 0) is 10.8 Å². The maximum atomic E-state index is 11.9. The van der Waals surface area contributed by atoms with E-state index in [1.165, 1.54) is 11.1 Å². The molecule has 2 aliphatic rings. The lowest BCUT2D eigenvalue weighted by Crippen LogP contribution is -2.36. The highest BCUT2D eigenvalue weighted by Crippen LogP contribution is 2.52. The van der Waals surface area contributed by atoms with E-state index >= 15 is 0 Å². The third-order valence-electron chi connectivity index (χ3n) is 9.65. The Balaban J connectivity index is 1.77. The lowest BCUT2D eigenvalue weighted by atomic mass is 9.79. The second-order valence-electron chi connectivity index (χ2n) is 16.0. The highest BCUT2D eigenvalue weighted by molar-refractivity contribution is 6.04. The largest absolute Gasteiger partial charge is 0.478 e. The van der Waals surface area contributed by atoms with E-state index in [4.69, 9.17) is 0 Å². The monoisotopic (exact) mass is 616 g/mol. The van der Waals surface area contributed by atoms with Crippen LogP contribution in [-0.4, -0.2) is 103 Å². The molecule has 1 aliphatic carbocycles. The van der Waals surface area contributed by atoms with Crippen LogP contribution in [0, 0.1) is 0 Å². The smallest absolute Gasteiger partial charge is 0.335 e. The Morgan fingerprint density at radius 3 is 1.93 bits per heavy atom. The molecule has 0 amide bonds. The van der Waals surface area contributed by atoms with Crippen molar-refractivity contribution in [1.29, 1.82) is 0 Å². The lowest BCUT2D eigenvalue weighted by molar-refractivity contribution is -0.871. The third kappa shape index (κ3) is 7.31. The number of nitrogens with zero attached hydrogens (tertiary/aromatic N) is 3. The van der Waals surface area contributed by atoms with Crippen molar-refractivity contribution < 1.29 is 33.3 Å². The summed E-state index contributed by atoms with van der Waals surface area (Å²) in [7, 11) is 13.3. The number of carboxylic acid groups (broad SMARTS) is 2. The lowest BCUT2D eigenvalue weighted by Gasteiger charge is -2.26. The normalized spacial score (nSPS) is 19.8. The molecule has 0 saturated heterocycles. The molecule has 1 unspecified atom stereocenters. The minimum atomic E-state index is -0.913. The van der Waals surface area contributed by atoms with Gasteiger partial charge in [-0.2, -0.15) is 4.58 Å². The summed E-state index contributed by atoms with van der Waals surface area (Å²) in [5.74, 6) is -1.60. The quantitative estimate of drug-likeness (QED) is 0.208. The number of quaternary nitrogens is 2. The average molecular weight is 617 g/mol. The molecule has 2 aromatic carbocycles. The summed E-state index contributed by atoms with van der Waals surface area (Å²) in [6.07, 6.45) is 9.71. The van der Waals surface area contributed by atoms with Gasteiger partial charge in [0, 0.05) is 29.0 Å². The summed E-state index contributed by atoms with van der Waals surface area (Å²) < 4.78 is 4.16. The van der Waals surface area contributed by atoms with Gasteiger partial charge < -0.3 is 19.2 Å². The zero-order chi connectivity index (χ0) is 33.5. The molecule has 2 aromatic rings. The Morgan fingerprint density at radius 2 is 1.36 bits per heavy atom. The fraction of sp³-hybridized carbons (Fsp3) is 0.500. The molecule has 2 N–H and O–H groups in total. The number of carbonyl (C=O) groups is 2. The highest BCUT2D eigenvalue weighted by atomic mass is 16.4. The van der Waals surface area contributed by atoms with Crippen LogP contribution in [0.5, 0.6) is 0 Å². The van der Waals surface area contributed by atoms with E-state index in [2.05, 4.69) is 92.8 Å². The van der Waals surface area contributed by atoms with Gasteiger partial charge in [0.15, 0.2) is 12.3 Å². The highest BCUT2D eigenvalue weighted by Gasteiger charge is 2.45. The summed E-state index contributed by atoms with van der Waals surface area (Å²) in [5, 5.41) is 19.5. The molecule has 0 fully saturated rings. The maximum Gasteiger partial charge on any atom is 0.335 e. The second-order valence-corrected chi connectivity index (χ2v) is 16.0. The number of allylic oxidation sites excluding steroid dienone is 4. The Morgan fingerprint density at radius 1 is 0.800 bits per heavy atom. The molecular weight excluding hydrogens is 562 g/mol. The van der Waals surface area contributed by atoms with Crippen molar-refractivity contribution in [3.63, 3.8) is 0 Å². The fourth-order valence-corrected chi connectivity index (χ4v) is 7.19. The first-order valence-electron chi connectivity index (χ1n) is 16.1. The van der Waals surface area contributed by atoms with Crippen molar-refractivity contribution in [2.24, 2.45) is 0 Å². The predicted molar refractivity (Wildman–Crippen MR) is 182 cm³/mol. The molecule has 0 radical (unpaired) electrons. The van der Waals surface area contributed by atoms with Crippen molar-refractivity contribution in [3.05, 3.63) is 88.0 Å². The Hall–Kier alpha value is -3.55. The van der Waals surface area contributed by atoms with Gasteiger partial charge >= 0.3 is 11.9 Å². The first-order chi connectivity index (χ1) is 20.7. The summed E-state index contributed by atoms with van der Waals surface area (Å²) in [6.45, 7) is 11.7. The summed E-state index contributed by atoms with van der Waals surface area (Å²) >= 11 is 0. The van der Waals surface area contributed by atoms with E-state index in [0.29, 0.717) is 11.1 Å². The molecule has 1 atom stereocenters. The first-order valence-corrected chi connectivity index (χ1v) is 16.1. The number of aromatic carboxylic acids is 2. The zero-order valence-corrected chi connectivity index (χ0v) is 29.1. The minimum Gasteiger partial charge on any atom is -0.478 e. The molecule has 0 spiro atoms. The van der Waals surface area contributed by atoms with E-state index in [1.54, 1.807) is 12.1 Å². The van der Waals surface area contributed by atoms with Gasteiger partial charge in [-0.15, -0.1) is 0 Å². The van der Waals surface area contributed by atoms with E-state index in [0.717, 1.165) is 70.4 Å². The van der Waals surface area contributed by atoms with Gasteiger partial charge in [0.2, 0.25) is 5.69 Å². The van der Waals surface area contributed by atoms with Crippen molar-refractivity contribution in [1.82, 2.24) is 0 Å². The third-order valence-corrected chi connectivity index (χ3v) is 9.65. The van der Waals surface area contributed by atoms with Gasteiger partial charge in [-0.1, -0.05) is 37.6 Å². The standard InChI is InChI=1S/C38H52N3O4/c1-37(2)30(28(14-12-22-40(5,6)7)29-19-17-26(35(42)43)24-31(29)37)15-11-16-34-38(3,4)32-25-27(36(44)45)18-20-33(32)39(34)21-13-23-41(8,9)10/h11,15-20,24-25,28H,12-14,21-23H2,1-10H3/q+1/p+2/b16-11+,30-15-. The molecule has 0 bridgehead atoms. The maximum absolute atomic E-state index is 11.9. The molecule has 7 heteroatoms. The van der Waals surface area contributed by atoms with Crippen LogP contribution in [0.2, 0.25) is 0 Å². The van der Waals surface area contributed by atoms with Gasteiger partial charge in [0.05, 0.1) is 78.3 Å². The molecule has 242 valence electrons. The van der Waals surface area contributed by atoms with Crippen LogP contribution in [0.4, 0.5) is 5.69 Å². The van der Waals surface area contributed by atoms with Crippen molar-refractivity contribution in [2.75, 3.05) is 61.9 Å². The van der Waals surface area contributed by atoms with Gasteiger partial charge in [0.25, 0.3) is 0 Å². The number of benzene rings is 2. The Labute approximate surface area is 270 Å². The first kappa shape index (κ1) is 34.3. The van der Waals surface area contributed by atoms with Crippen LogP contribution >= 0.6 is 0 Å². The van der Waals surface area contributed by atoms with Crippen molar-refractivity contribution >= 4 is 23.3 Å². The molecule has 45 heavy (non-hydrogen) atoms. The summed E-state index contributed by atoms with van der Waals surface area (Å²) in [4.78, 5) is 23.8. The van der Waals surface area contributed by atoms with Gasteiger partial charge in [0.1, 0.15) is 0 Å². The number of carboxylic acids is 2. The van der Waals surface area contributed by atoms with Crippen molar-refractivity contribution in [2.45, 2.75) is 63.7 Å². The average Bonchev–Trinajstić information content (AvgIpc) is 3.25. The van der Waals surface area contributed by atoms with E-state index < -0.39 is 11.9 Å². The van der Waals surface area contributed by atoms with Crippen LogP contribution in [0.1, 0.15) is 90.3 Å². The minimum absolute atomic E-state index is 0.214.